The summed E-state index contributed by atoms with van der Waals surface area (Å²) in [6.45, 7) is 5.94. The van der Waals surface area contributed by atoms with Crippen molar-refractivity contribution in [2.75, 3.05) is 11.9 Å². The Bertz CT molecular complexity index is 756. The molecule has 0 unspecified atom stereocenters. The van der Waals surface area contributed by atoms with Crippen molar-refractivity contribution in [2.24, 2.45) is 5.92 Å². The fourth-order valence-corrected chi connectivity index (χ4v) is 2.05. The first-order chi connectivity index (χ1) is 11.4. The molecule has 1 amide bonds. The standard InChI is InChI=1S/C19H20FNO3/c1-12(2)11-24-18-8-7-14(13(3)22)10-17(18)21-19(23)15-5-4-6-16(20)9-15/h4-10,12H,11H2,1-3H3,(H,21,23). The van der Waals surface area contributed by atoms with Crippen molar-refractivity contribution in [1.29, 1.82) is 0 Å². The van der Waals surface area contributed by atoms with E-state index in [4.69, 9.17) is 4.74 Å². The number of ether oxygens (including phenoxy) is 1. The van der Waals surface area contributed by atoms with E-state index in [1.165, 1.54) is 25.1 Å². The highest BCUT2D eigenvalue weighted by molar-refractivity contribution is 6.06. The van der Waals surface area contributed by atoms with E-state index in [0.717, 1.165) is 6.07 Å². The first-order valence-corrected chi connectivity index (χ1v) is 7.71. The van der Waals surface area contributed by atoms with Gasteiger partial charge >= 0.3 is 0 Å². The van der Waals surface area contributed by atoms with Crippen molar-refractivity contribution in [3.8, 4) is 5.75 Å². The molecule has 0 atom stereocenters. The van der Waals surface area contributed by atoms with Crippen molar-refractivity contribution >= 4 is 17.4 Å². The van der Waals surface area contributed by atoms with Crippen LogP contribution >= 0.6 is 0 Å². The van der Waals surface area contributed by atoms with Crippen molar-refractivity contribution in [1.82, 2.24) is 0 Å². The second kappa shape index (κ2) is 7.73. The monoisotopic (exact) mass is 329 g/mol. The van der Waals surface area contributed by atoms with Gasteiger partial charge in [0.25, 0.3) is 5.91 Å². The molecular formula is C19H20FNO3. The summed E-state index contributed by atoms with van der Waals surface area (Å²) in [4.78, 5) is 23.9. The molecule has 1 N–H and O–H groups in total. The fraction of sp³-hybridized carbons (Fsp3) is 0.263. The molecule has 0 saturated carbocycles. The Morgan fingerprint density at radius 3 is 2.50 bits per heavy atom. The van der Waals surface area contributed by atoms with Gasteiger partial charge in [0.15, 0.2) is 5.78 Å². The maximum Gasteiger partial charge on any atom is 0.255 e. The number of benzene rings is 2. The van der Waals surface area contributed by atoms with Crippen molar-refractivity contribution in [2.45, 2.75) is 20.8 Å². The van der Waals surface area contributed by atoms with Gasteiger partial charge < -0.3 is 10.1 Å². The molecule has 0 fully saturated rings. The van der Waals surface area contributed by atoms with Crippen LogP contribution in [0, 0.1) is 11.7 Å². The highest BCUT2D eigenvalue weighted by atomic mass is 19.1. The summed E-state index contributed by atoms with van der Waals surface area (Å²) < 4.78 is 19.0. The van der Waals surface area contributed by atoms with Crippen LogP contribution in [0.4, 0.5) is 10.1 Å². The van der Waals surface area contributed by atoms with Crippen LogP contribution in [0.5, 0.6) is 5.75 Å². The second-order valence-corrected chi connectivity index (χ2v) is 5.94. The Balaban J connectivity index is 2.29. The van der Waals surface area contributed by atoms with E-state index < -0.39 is 11.7 Å². The lowest BCUT2D eigenvalue weighted by Gasteiger charge is -2.15. The molecule has 0 aliphatic heterocycles. The Morgan fingerprint density at radius 2 is 1.88 bits per heavy atom. The number of amides is 1. The Morgan fingerprint density at radius 1 is 1.12 bits per heavy atom. The van der Waals surface area contributed by atoms with E-state index in [2.05, 4.69) is 5.32 Å². The van der Waals surface area contributed by atoms with E-state index in [1.54, 1.807) is 18.2 Å². The Hall–Kier alpha value is -2.69. The third-order valence-corrected chi connectivity index (χ3v) is 3.29. The number of Topliss-reactive ketones (excluding diaryl/α,β-unsaturated/α-hetero) is 1. The maximum absolute atomic E-state index is 13.3. The van der Waals surface area contributed by atoms with Gasteiger partial charge in [0.1, 0.15) is 11.6 Å². The zero-order valence-electron chi connectivity index (χ0n) is 13.9. The van der Waals surface area contributed by atoms with E-state index in [1.807, 2.05) is 13.8 Å². The summed E-state index contributed by atoms with van der Waals surface area (Å²) in [5, 5.41) is 2.69. The molecule has 0 spiro atoms. The number of hydrogen-bond acceptors (Lipinski definition) is 3. The number of anilines is 1. The Labute approximate surface area is 140 Å². The average molecular weight is 329 g/mol. The average Bonchev–Trinajstić information content (AvgIpc) is 2.53. The zero-order valence-corrected chi connectivity index (χ0v) is 13.9. The van der Waals surface area contributed by atoms with Gasteiger partial charge in [0.2, 0.25) is 0 Å². The lowest BCUT2D eigenvalue weighted by atomic mass is 10.1. The first-order valence-electron chi connectivity index (χ1n) is 7.71. The van der Waals surface area contributed by atoms with Gasteiger partial charge in [-0.25, -0.2) is 4.39 Å². The maximum atomic E-state index is 13.3. The van der Waals surface area contributed by atoms with Crippen LogP contribution < -0.4 is 10.1 Å². The van der Waals surface area contributed by atoms with E-state index in [9.17, 15) is 14.0 Å². The smallest absolute Gasteiger partial charge is 0.255 e. The summed E-state index contributed by atoms with van der Waals surface area (Å²) >= 11 is 0. The van der Waals surface area contributed by atoms with Crippen LogP contribution in [-0.4, -0.2) is 18.3 Å². The molecule has 2 aromatic rings. The third-order valence-electron chi connectivity index (χ3n) is 3.29. The zero-order chi connectivity index (χ0) is 17.7. The predicted octanol–water partition coefficient (Wildman–Crippen LogP) is 4.32. The van der Waals surface area contributed by atoms with Crippen LogP contribution in [0.2, 0.25) is 0 Å². The highest BCUT2D eigenvalue weighted by Crippen LogP contribution is 2.27. The minimum atomic E-state index is -0.489. The number of carbonyl (C=O) groups is 2. The molecule has 0 aromatic heterocycles. The number of rotatable bonds is 6. The third kappa shape index (κ3) is 4.65. The van der Waals surface area contributed by atoms with Gasteiger partial charge in [0, 0.05) is 11.1 Å². The molecule has 0 aliphatic carbocycles. The molecule has 4 nitrogen and oxygen atoms in total. The molecule has 0 radical (unpaired) electrons. The summed E-state index contributed by atoms with van der Waals surface area (Å²) in [7, 11) is 0. The van der Waals surface area contributed by atoms with Gasteiger partial charge in [-0.05, 0) is 49.2 Å². The minimum Gasteiger partial charge on any atom is -0.491 e. The first kappa shape index (κ1) is 17.7. The topological polar surface area (TPSA) is 55.4 Å². The van der Waals surface area contributed by atoms with Gasteiger partial charge in [0.05, 0.1) is 12.3 Å². The predicted molar refractivity (Wildman–Crippen MR) is 91.1 cm³/mol. The highest BCUT2D eigenvalue weighted by Gasteiger charge is 2.13. The van der Waals surface area contributed by atoms with Gasteiger partial charge in [-0.15, -0.1) is 0 Å². The van der Waals surface area contributed by atoms with Crippen molar-refractivity contribution < 1.29 is 18.7 Å². The molecule has 24 heavy (non-hydrogen) atoms. The summed E-state index contributed by atoms with van der Waals surface area (Å²) in [6, 6.07) is 10.3. The number of carbonyl (C=O) groups excluding carboxylic acids is 2. The number of halogens is 1. The molecular weight excluding hydrogens is 309 g/mol. The van der Waals surface area contributed by atoms with Crippen molar-refractivity contribution in [3.63, 3.8) is 0 Å². The van der Waals surface area contributed by atoms with Gasteiger partial charge in [-0.3, -0.25) is 9.59 Å². The normalized spacial score (nSPS) is 10.5. The molecule has 0 saturated heterocycles. The van der Waals surface area contributed by atoms with Crippen LogP contribution in [0.3, 0.4) is 0 Å². The lowest BCUT2D eigenvalue weighted by Crippen LogP contribution is -2.14. The molecule has 2 aromatic carbocycles. The number of nitrogens with one attached hydrogen (secondary N) is 1. The lowest BCUT2D eigenvalue weighted by molar-refractivity contribution is 0.101. The van der Waals surface area contributed by atoms with Crippen LogP contribution in [0.15, 0.2) is 42.5 Å². The van der Waals surface area contributed by atoms with Crippen LogP contribution in [0.1, 0.15) is 41.5 Å². The summed E-state index contributed by atoms with van der Waals surface area (Å²) in [5.74, 6) is -0.296. The van der Waals surface area contributed by atoms with Gasteiger partial charge in [-0.1, -0.05) is 19.9 Å². The van der Waals surface area contributed by atoms with E-state index in [-0.39, 0.29) is 11.3 Å². The van der Waals surface area contributed by atoms with Crippen molar-refractivity contribution in [3.05, 3.63) is 59.4 Å². The SMILES string of the molecule is CC(=O)c1ccc(OCC(C)C)c(NC(=O)c2cccc(F)c2)c1. The molecule has 5 heteroatoms. The molecule has 126 valence electrons. The van der Waals surface area contributed by atoms with E-state index in [0.29, 0.717) is 29.5 Å². The van der Waals surface area contributed by atoms with Gasteiger partial charge in [-0.2, -0.15) is 0 Å². The minimum absolute atomic E-state index is 0.119. The van der Waals surface area contributed by atoms with E-state index >= 15 is 0 Å². The molecule has 2 rings (SSSR count). The molecule has 0 heterocycles. The number of hydrogen-bond donors (Lipinski definition) is 1. The second-order valence-electron chi connectivity index (χ2n) is 5.94. The Kier molecular flexibility index (Phi) is 5.68. The largest absolute Gasteiger partial charge is 0.491 e. The molecule has 0 bridgehead atoms. The quantitative estimate of drug-likeness (QED) is 0.803. The molecule has 0 aliphatic rings. The summed E-state index contributed by atoms with van der Waals surface area (Å²) in [5.41, 5.74) is 1.04. The summed E-state index contributed by atoms with van der Waals surface area (Å²) in [6.07, 6.45) is 0. The fourth-order valence-electron chi connectivity index (χ4n) is 2.05. The number of ketones is 1. The van der Waals surface area contributed by atoms with Crippen LogP contribution in [0.25, 0.3) is 0 Å². The van der Waals surface area contributed by atoms with Crippen LogP contribution in [-0.2, 0) is 0 Å².